The molecule has 37 heavy (non-hydrogen) atoms. The van der Waals surface area contributed by atoms with Crippen LogP contribution in [0.3, 0.4) is 0 Å². The summed E-state index contributed by atoms with van der Waals surface area (Å²) in [5, 5.41) is 9.61. The number of fused-ring (bicyclic) bond motifs is 1. The Balaban J connectivity index is 1.44. The number of hydrogen-bond acceptors (Lipinski definition) is 5. The second-order valence-corrected chi connectivity index (χ2v) is 10.2. The highest BCUT2D eigenvalue weighted by Crippen LogP contribution is 2.25. The normalized spacial score (nSPS) is 11.2. The van der Waals surface area contributed by atoms with E-state index in [1.807, 2.05) is 74.2 Å². The molecule has 3 heterocycles. The number of carbonyl (C=O) groups excluding carboxylic acids is 1. The summed E-state index contributed by atoms with van der Waals surface area (Å²) in [5.74, 6) is -0.125. The molecule has 0 saturated heterocycles. The van der Waals surface area contributed by atoms with E-state index >= 15 is 0 Å². The van der Waals surface area contributed by atoms with Crippen molar-refractivity contribution in [3.63, 3.8) is 0 Å². The summed E-state index contributed by atoms with van der Waals surface area (Å²) in [4.78, 5) is 31.7. The lowest BCUT2D eigenvalue weighted by atomic mass is 10.1. The van der Waals surface area contributed by atoms with Crippen LogP contribution in [-0.4, -0.2) is 31.6 Å². The molecule has 1 amide bonds. The second-order valence-electron chi connectivity index (χ2n) is 9.36. The molecule has 0 aliphatic rings. The van der Waals surface area contributed by atoms with Gasteiger partial charge < -0.3 is 5.32 Å². The topological polar surface area (TPSA) is 81.3 Å². The zero-order valence-corrected chi connectivity index (χ0v) is 22.2. The fourth-order valence-corrected chi connectivity index (χ4v) is 5.46. The summed E-state index contributed by atoms with van der Waals surface area (Å²) in [6, 6.07) is 18.2. The number of rotatable bonds is 7. The smallest absolute Gasteiger partial charge is 0.268 e. The van der Waals surface area contributed by atoms with E-state index in [4.69, 9.17) is 5.10 Å². The lowest BCUT2D eigenvalue weighted by Gasteiger charge is -2.09. The minimum Gasteiger partial charge on any atom is -0.355 e. The van der Waals surface area contributed by atoms with Crippen LogP contribution in [0.4, 0.5) is 0 Å². The van der Waals surface area contributed by atoms with Crippen LogP contribution in [-0.2, 0) is 17.6 Å². The van der Waals surface area contributed by atoms with Crippen LogP contribution in [0.1, 0.15) is 33.8 Å². The van der Waals surface area contributed by atoms with Gasteiger partial charge in [-0.05, 0) is 62.9 Å². The van der Waals surface area contributed by atoms with Gasteiger partial charge in [0.1, 0.15) is 5.69 Å². The fourth-order valence-electron chi connectivity index (χ4n) is 4.53. The molecule has 0 aliphatic heterocycles. The molecule has 8 heteroatoms. The Morgan fingerprint density at radius 1 is 1.03 bits per heavy atom. The van der Waals surface area contributed by atoms with Crippen LogP contribution in [0.2, 0.25) is 0 Å². The molecule has 0 saturated carbocycles. The van der Waals surface area contributed by atoms with E-state index in [0.717, 1.165) is 28.9 Å². The standard InChI is InChI=1S/C29H29N5O2S/c1-18-10-11-19(2)25(14-18)34-20(3)15-24(32-34)27-21(4)31-29-33(28(27)36)23(17-37-29)16-26(35)30-13-12-22-8-6-5-7-9-22/h5-11,14-15,17H,12-13,16H2,1-4H3,(H,30,35). The number of aromatic nitrogens is 4. The Bertz CT molecular complexity index is 1660. The number of thiazole rings is 1. The molecule has 3 aromatic heterocycles. The average molecular weight is 512 g/mol. The molecular weight excluding hydrogens is 482 g/mol. The Labute approximate surface area is 219 Å². The molecule has 0 atom stereocenters. The predicted octanol–water partition coefficient (Wildman–Crippen LogP) is 4.74. The minimum atomic E-state index is -0.207. The quantitative estimate of drug-likeness (QED) is 0.342. The highest BCUT2D eigenvalue weighted by Gasteiger charge is 2.20. The van der Waals surface area contributed by atoms with Gasteiger partial charge in [-0.3, -0.25) is 14.0 Å². The molecule has 0 fully saturated rings. The van der Waals surface area contributed by atoms with Crippen LogP contribution in [0, 0.1) is 27.7 Å². The number of hydrogen-bond donors (Lipinski definition) is 1. The number of benzene rings is 2. The lowest BCUT2D eigenvalue weighted by Crippen LogP contribution is -2.29. The molecule has 5 rings (SSSR count). The van der Waals surface area contributed by atoms with Crippen LogP contribution in [0.5, 0.6) is 0 Å². The van der Waals surface area contributed by atoms with Crippen LogP contribution >= 0.6 is 11.3 Å². The van der Waals surface area contributed by atoms with Gasteiger partial charge in [0.2, 0.25) is 5.91 Å². The van der Waals surface area contributed by atoms with Crippen molar-refractivity contribution in [1.82, 2.24) is 24.5 Å². The monoisotopic (exact) mass is 511 g/mol. The maximum Gasteiger partial charge on any atom is 0.268 e. The Hall–Kier alpha value is -4.04. The molecule has 1 N–H and O–H groups in total. The molecule has 0 radical (unpaired) electrons. The van der Waals surface area contributed by atoms with Gasteiger partial charge in [-0.15, -0.1) is 11.3 Å². The average Bonchev–Trinajstić information content (AvgIpc) is 3.44. The highest BCUT2D eigenvalue weighted by molar-refractivity contribution is 7.15. The van der Waals surface area contributed by atoms with E-state index in [-0.39, 0.29) is 17.9 Å². The van der Waals surface area contributed by atoms with Gasteiger partial charge in [0, 0.05) is 23.3 Å². The lowest BCUT2D eigenvalue weighted by molar-refractivity contribution is -0.120. The maximum absolute atomic E-state index is 13.7. The van der Waals surface area contributed by atoms with Crippen molar-refractivity contribution < 1.29 is 4.79 Å². The van der Waals surface area contributed by atoms with Crippen molar-refractivity contribution >= 4 is 22.2 Å². The van der Waals surface area contributed by atoms with Gasteiger partial charge in [-0.2, -0.15) is 5.10 Å². The van der Waals surface area contributed by atoms with E-state index < -0.39 is 0 Å². The van der Waals surface area contributed by atoms with E-state index in [1.165, 1.54) is 16.9 Å². The number of carbonyl (C=O) groups is 1. The summed E-state index contributed by atoms with van der Waals surface area (Å²) in [7, 11) is 0. The van der Waals surface area contributed by atoms with Crippen molar-refractivity contribution in [2.75, 3.05) is 6.54 Å². The molecule has 0 spiro atoms. The van der Waals surface area contributed by atoms with Gasteiger partial charge >= 0.3 is 0 Å². The molecule has 0 unspecified atom stereocenters. The van der Waals surface area contributed by atoms with Crippen molar-refractivity contribution in [1.29, 1.82) is 0 Å². The molecule has 5 aromatic rings. The zero-order valence-electron chi connectivity index (χ0n) is 21.4. The molecule has 0 bridgehead atoms. The summed E-state index contributed by atoms with van der Waals surface area (Å²) in [6.07, 6.45) is 0.860. The van der Waals surface area contributed by atoms with Gasteiger partial charge in [-0.25, -0.2) is 9.67 Å². The SMILES string of the molecule is Cc1ccc(C)c(-n2nc(-c3c(C)nc4scc(CC(=O)NCCc5ccccc5)n4c3=O)cc2C)c1. The molecular formula is C29H29N5O2S. The first kappa shape index (κ1) is 24.6. The van der Waals surface area contributed by atoms with Gasteiger partial charge in [-0.1, -0.05) is 42.5 Å². The minimum absolute atomic E-state index is 0.106. The largest absolute Gasteiger partial charge is 0.355 e. The third kappa shape index (κ3) is 4.97. The molecule has 2 aromatic carbocycles. The third-order valence-corrected chi connectivity index (χ3v) is 7.35. The Morgan fingerprint density at radius 2 is 1.81 bits per heavy atom. The van der Waals surface area contributed by atoms with E-state index in [9.17, 15) is 9.59 Å². The first-order valence-electron chi connectivity index (χ1n) is 12.3. The first-order valence-corrected chi connectivity index (χ1v) is 13.1. The molecule has 0 aliphatic carbocycles. The van der Waals surface area contributed by atoms with Crippen LogP contribution < -0.4 is 10.9 Å². The van der Waals surface area contributed by atoms with Gasteiger partial charge in [0.25, 0.3) is 5.56 Å². The summed E-state index contributed by atoms with van der Waals surface area (Å²) < 4.78 is 3.43. The number of aryl methyl sites for hydroxylation is 4. The highest BCUT2D eigenvalue weighted by atomic mass is 32.1. The third-order valence-electron chi connectivity index (χ3n) is 6.48. The van der Waals surface area contributed by atoms with E-state index in [2.05, 4.69) is 28.5 Å². The fraction of sp³-hybridized carbons (Fsp3) is 0.241. The second kappa shape index (κ2) is 10.1. The molecule has 188 valence electrons. The van der Waals surface area contributed by atoms with Gasteiger partial charge in [0.05, 0.1) is 23.4 Å². The number of nitrogens with one attached hydrogen (secondary N) is 1. The first-order chi connectivity index (χ1) is 17.8. The van der Waals surface area contributed by atoms with E-state index in [0.29, 0.717) is 34.2 Å². The van der Waals surface area contributed by atoms with Crippen molar-refractivity contribution in [3.05, 3.63) is 104 Å². The maximum atomic E-state index is 13.7. The summed E-state index contributed by atoms with van der Waals surface area (Å²) in [6.45, 7) is 8.45. The number of amides is 1. The van der Waals surface area contributed by atoms with E-state index in [1.54, 1.807) is 4.40 Å². The Kier molecular flexibility index (Phi) is 6.76. The number of nitrogens with zero attached hydrogens (tertiary/aromatic N) is 4. The zero-order chi connectivity index (χ0) is 26.1. The van der Waals surface area contributed by atoms with Crippen molar-refractivity contribution in [3.8, 4) is 16.9 Å². The Morgan fingerprint density at radius 3 is 2.59 bits per heavy atom. The summed E-state index contributed by atoms with van der Waals surface area (Å²) >= 11 is 1.36. The van der Waals surface area contributed by atoms with Crippen LogP contribution in [0.15, 0.2) is 64.8 Å². The van der Waals surface area contributed by atoms with Crippen molar-refractivity contribution in [2.24, 2.45) is 0 Å². The summed E-state index contributed by atoms with van der Waals surface area (Å²) in [5.41, 5.74) is 7.39. The van der Waals surface area contributed by atoms with Crippen molar-refractivity contribution in [2.45, 2.75) is 40.5 Å². The van der Waals surface area contributed by atoms with Crippen LogP contribution in [0.25, 0.3) is 21.9 Å². The van der Waals surface area contributed by atoms with Gasteiger partial charge in [0.15, 0.2) is 4.96 Å². The predicted molar refractivity (Wildman–Crippen MR) is 148 cm³/mol. The molecule has 7 nitrogen and oxygen atoms in total.